The summed E-state index contributed by atoms with van der Waals surface area (Å²) in [6, 6.07) is 2.65. The maximum absolute atomic E-state index is 13.5. The molecule has 0 aliphatic heterocycles. The van der Waals surface area contributed by atoms with E-state index in [1.165, 1.54) is 12.1 Å². The third kappa shape index (κ3) is 4.88. The van der Waals surface area contributed by atoms with Crippen LogP contribution in [-0.4, -0.2) is 18.3 Å². The summed E-state index contributed by atoms with van der Waals surface area (Å²) in [6.07, 6.45) is 1.68. The molecule has 0 aliphatic rings. The average molecular weight is 322 g/mol. The molecule has 1 atom stereocenters. The Morgan fingerprint density at radius 1 is 1.35 bits per heavy atom. The second-order valence-corrected chi connectivity index (χ2v) is 6.64. The molecule has 0 amide bonds. The second-order valence-electron chi connectivity index (χ2n) is 5.85. The lowest BCUT2D eigenvalue weighted by Gasteiger charge is -2.28. The Labute approximate surface area is 130 Å². The Hall–Kier alpha value is -0.350. The van der Waals surface area contributed by atoms with Gasteiger partial charge in [-0.05, 0) is 37.3 Å². The standard InChI is InChI=1S/C15H22Cl2FNO/c1-10(19-9-15(2,3)7-4-8-20)13-11(16)5-6-12(18)14(13)17/h5-6,10,19-20H,4,7-9H2,1-3H3. The van der Waals surface area contributed by atoms with Crippen LogP contribution >= 0.6 is 23.2 Å². The van der Waals surface area contributed by atoms with Crippen molar-refractivity contribution in [2.24, 2.45) is 5.41 Å². The van der Waals surface area contributed by atoms with Crippen LogP contribution in [0.5, 0.6) is 0 Å². The van der Waals surface area contributed by atoms with E-state index in [0.717, 1.165) is 19.4 Å². The smallest absolute Gasteiger partial charge is 0.142 e. The van der Waals surface area contributed by atoms with E-state index in [2.05, 4.69) is 19.2 Å². The summed E-state index contributed by atoms with van der Waals surface area (Å²) in [4.78, 5) is 0. The van der Waals surface area contributed by atoms with Crippen LogP contribution in [0.25, 0.3) is 0 Å². The van der Waals surface area contributed by atoms with Gasteiger partial charge >= 0.3 is 0 Å². The summed E-state index contributed by atoms with van der Waals surface area (Å²) in [6.45, 7) is 7.08. The lowest BCUT2D eigenvalue weighted by molar-refractivity contribution is 0.233. The van der Waals surface area contributed by atoms with Crippen molar-refractivity contribution < 1.29 is 9.50 Å². The topological polar surface area (TPSA) is 32.3 Å². The fourth-order valence-corrected chi connectivity index (χ4v) is 2.82. The summed E-state index contributed by atoms with van der Waals surface area (Å²) in [5, 5.41) is 12.8. The molecular weight excluding hydrogens is 300 g/mol. The molecule has 0 fully saturated rings. The van der Waals surface area contributed by atoms with Gasteiger partial charge in [0.05, 0.1) is 5.02 Å². The van der Waals surface area contributed by atoms with Gasteiger partial charge in [0.1, 0.15) is 5.82 Å². The minimum Gasteiger partial charge on any atom is -0.396 e. The highest BCUT2D eigenvalue weighted by atomic mass is 35.5. The molecule has 1 aromatic rings. The summed E-state index contributed by atoms with van der Waals surface area (Å²) < 4.78 is 13.5. The normalized spacial score (nSPS) is 13.6. The maximum atomic E-state index is 13.5. The van der Waals surface area contributed by atoms with Crippen molar-refractivity contribution in [3.8, 4) is 0 Å². The van der Waals surface area contributed by atoms with Gasteiger partial charge in [-0.15, -0.1) is 0 Å². The number of hydrogen-bond acceptors (Lipinski definition) is 2. The molecule has 0 aromatic heterocycles. The van der Waals surface area contributed by atoms with Crippen LogP contribution in [0.1, 0.15) is 45.2 Å². The zero-order chi connectivity index (χ0) is 15.3. The van der Waals surface area contributed by atoms with E-state index in [1.54, 1.807) is 0 Å². The predicted octanol–water partition coefficient (Wildman–Crippen LogP) is 4.58. The molecule has 0 bridgehead atoms. The van der Waals surface area contributed by atoms with Crippen LogP contribution in [0, 0.1) is 11.2 Å². The van der Waals surface area contributed by atoms with Crippen molar-refractivity contribution in [3.05, 3.63) is 33.6 Å². The molecule has 0 saturated carbocycles. The van der Waals surface area contributed by atoms with E-state index in [1.807, 2.05) is 6.92 Å². The highest BCUT2D eigenvalue weighted by Gasteiger charge is 2.21. The van der Waals surface area contributed by atoms with Gasteiger partial charge in [-0.2, -0.15) is 0 Å². The fourth-order valence-electron chi connectivity index (χ4n) is 2.12. The zero-order valence-electron chi connectivity index (χ0n) is 12.1. The van der Waals surface area contributed by atoms with Gasteiger partial charge in [-0.1, -0.05) is 37.0 Å². The van der Waals surface area contributed by atoms with Crippen molar-refractivity contribution >= 4 is 23.2 Å². The van der Waals surface area contributed by atoms with Crippen LogP contribution < -0.4 is 5.32 Å². The number of hydrogen-bond donors (Lipinski definition) is 2. The molecule has 1 rings (SSSR count). The molecule has 1 unspecified atom stereocenters. The molecule has 1 aromatic carbocycles. The number of rotatable bonds is 7. The summed E-state index contributed by atoms with van der Waals surface area (Å²) >= 11 is 12.1. The van der Waals surface area contributed by atoms with Crippen LogP contribution in [-0.2, 0) is 0 Å². The van der Waals surface area contributed by atoms with E-state index < -0.39 is 5.82 Å². The average Bonchev–Trinajstić information content (AvgIpc) is 2.39. The molecule has 0 aliphatic carbocycles. The number of aliphatic hydroxyl groups excluding tert-OH is 1. The Bertz CT molecular complexity index is 452. The minimum atomic E-state index is -0.459. The lowest BCUT2D eigenvalue weighted by Crippen LogP contribution is -2.31. The van der Waals surface area contributed by atoms with E-state index in [4.69, 9.17) is 28.3 Å². The summed E-state index contributed by atoms with van der Waals surface area (Å²) in [5.74, 6) is -0.459. The Balaban J connectivity index is 2.72. The summed E-state index contributed by atoms with van der Waals surface area (Å²) in [7, 11) is 0. The van der Waals surface area contributed by atoms with Crippen LogP contribution in [0.2, 0.25) is 10.0 Å². The van der Waals surface area contributed by atoms with Gasteiger partial charge in [0, 0.05) is 29.8 Å². The van der Waals surface area contributed by atoms with Crippen molar-refractivity contribution in [1.82, 2.24) is 5.32 Å². The minimum absolute atomic E-state index is 0.0449. The third-order valence-corrected chi connectivity index (χ3v) is 4.12. The highest BCUT2D eigenvalue weighted by Crippen LogP contribution is 2.33. The molecule has 0 spiro atoms. The Kier molecular flexibility index (Phi) is 6.73. The SMILES string of the molecule is CC(NCC(C)(C)CCCO)c1c(Cl)ccc(F)c1Cl. The van der Waals surface area contributed by atoms with Gasteiger partial charge in [0.2, 0.25) is 0 Å². The fraction of sp³-hybridized carbons (Fsp3) is 0.600. The monoisotopic (exact) mass is 321 g/mol. The van der Waals surface area contributed by atoms with Gasteiger partial charge in [0.15, 0.2) is 0 Å². The second kappa shape index (κ2) is 7.60. The first-order valence-corrected chi connectivity index (χ1v) is 7.52. The number of aliphatic hydroxyl groups is 1. The summed E-state index contributed by atoms with van der Waals surface area (Å²) in [5.41, 5.74) is 0.634. The van der Waals surface area contributed by atoms with Gasteiger partial charge in [0.25, 0.3) is 0 Å². The van der Waals surface area contributed by atoms with Crippen LogP contribution in [0.3, 0.4) is 0 Å². The van der Waals surface area contributed by atoms with Crippen LogP contribution in [0.4, 0.5) is 4.39 Å². The molecule has 0 radical (unpaired) electrons. The third-order valence-electron chi connectivity index (χ3n) is 3.41. The Morgan fingerprint density at radius 2 is 2.00 bits per heavy atom. The van der Waals surface area contributed by atoms with E-state index >= 15 is 0 Å². The molecule has 5 heteroatoms. The van der Waals surface area contributed by atoms with E-state index in [-0.39, 0.29) is 23.1 Å². The molecule has 2 nitrogen and oxygen atoms in total. The maximum Gasteiger partial charge on any atom is 0.142 e. The largest absolute Gasteiger partial charge is 0.396 e. The number of nitrogens with one attached hydrogen (secondary N) is 1. The highest BCUT2D eigenvalue weighted by molar-refractivity contribution is 6.36. The zero-order valence-corrected chi connectivity index (χ0v) is 13.7. The van der Waals surface area contributed by atoms with Gasteiger partial charge < -0.3 is 10.4 Å². The van der Waals surface area contributed by atoms with Crippen molar-refractivity contribution in [3.63, 3.8) is 0 Å². The molecular formula is C15H22Cl2FNO. The van der Waals surface area contributed by atoms with E-state index in [9.17, 15) is 4.39 Å². The predicted molar refractivity (Wildman–Crippen MR) is 82.9 cm³/mol. The molecule has 0 saturated heterocycles. The number of halogens is 3. The van der Waals surface area contributed by atoms with E-state index in [0.29, 0.717) is 10.6 Å². The molecule has 2 N–H and O–H groups in total. The first-order valence-electron chi connectivity index (χ1n) is 6.76. The van der Waals surface area contributed by atoms with Crippen molar-refractivity contribution in [2.45, 2.75) is 39.7 Å². The molecule has 0 heterocycles. The number of benzene rings is 1. The lowest BCUT2D eigenvalue weighted by atomic mass is 9.87. The Morgan fingerprint density at radius 3 is 2.60 bits per heavy atom. The van der Waals surface area contributed by atoms with Gasteiger partial charge in [-0.3, -0.25) is 0 Å². The first kappa shape index (κ1) is 17.7. The molecule has 20 heavy (non-hydrogen) atoms. The molecule has 114 valence electrons. The van der Waals surface area contributed by atoms with Crippen LogP contribution in [0.15, 0.2) is 12.1 Å². The van der Waals surface area contributed by atoms with Crippen molar-refractivity contribution in [2.75, 3.05) is 13.2 Å². The van der Waals surface area contributed by atoms with Gasteiger partial charge in [-0.25, -0.2) is 4.39 Å². The quantitative estimate of drug-likeness (QED) is 0.720. The van der Waals surface area contributed by atoms with Crippen molar-refractivity contribution in [1.29, 1.82) is 0 Å². The first-order chi connectivity index (χ1) is 9.28.